The minimum atomic E-state index is -0.726. The molecule has 1 fully saturated rings. The summed E-state index contributed by atoms with van der Waals surface area (Å²) in [4.78, 5) is 15.5. The minimum absolute atomic E-state index is 0. The van der Waals surface area contributed by atoms with Gasteiger partial charge in [-0.3, -0.25) is 4.79 Å². The summed E-state index contributed by atoms with van der Waals surface area (Å²) < 4.78 is 0. The third-order valence-electron chi connectivity index (χ3n) is 6.09. The molecule has 2 aliphatic rings. The molecule has 28 heavy (non-hydrogen) atoms. The van der Waals surface area contributed by atoms with E-state index in [1.807, 2.05) is 24.3 Å². The minimum Gasteiger partial charge on any atom is -0.481 e. The zero-order valence-electron chi connectivity index (χ0n) is 16.5. The fraction of sp³-hybridized carbons (Fsp3) is 0.435. The van der Waals surface area contributed by atoms with Gasteiger partial charge in [-0.2, -0.15) is 0 Å². The van der Waals surface area contributed by atoms with Gasteiger partial charge in [0.2, 0.25) is 0 Å². The number of benzene rings is 1. The number of thiophene rings is 1. The summed E-state index contributed by atoms with van der Waals surface area (Å²) in [6, 6.07) is 8.68. The van der Waals surface area contributed by atoms with Crippen molar-refractivity contribution in [1.82, 2.24) is 4.90 Å². The first-order chi connectivity index (χ1) is 13.1. The quantitative estimate of drug-likeness (QED) is 0.729. The van der Waals surface area contributed by atoms with Gasteiger partial charge in [-0.15, -0.1) is 23.7 Å². The van der Waals surface area contributed by atoms with Gasteiger partial charge in [0.1, 0.15) is 0 Å². The summed E-state index contributed by atoms with van der Waals surface area (Å²) in [5.74, 6) is -1.15. The van der Waals surface area contributed by atoms with Crippen molar-refractivity contribution in [3.63, 3.8) is 0 Å². The number of piperidine rings is 1. The van der Waals surface area contributed by atoms with Gasteiger partial charge >= 0.3 is 5.97 Å². The van der Waals surface area contributed by atoms with Crippen LogP contribution in [0.4, 0.5) is 0 Å². The van der Waals surface area contributed by atoms with Crippen molar-refractivity contribution < 1.29 is 9.90 Å². The maximum absolute atomic E-state index is 11.7. The van der Waals surface area contributed by atoms with E-state index < -0.39 is 11.9 Å². The molecule has 0 bridgehead atoms. The number of carbonyl (C=O) groups is 1. The summed E-state index contributed by atoms with van der Waals surface area (Å²) in [6.45, 7) is 4.15. The maximum Gasteiger partial charge on any atom is 0.310 e. The number of rotatable bonds is 3. The van der Waals surface area contributed by atoms with E-state index >= 15 is 0 Å². The Morgan fingerprint density at radius 3 is 2.54 bits per heavy atom. The SMILES string of the molecule is CCC(C(=O)O)c1ccc2c(c1)C(=C1CCN(C)CC1)c1sccc1CC2.Cl. The van der Waals surface area contributed by atoms with Crippen LogP contribution in [0.3, 0.4) is 0 Å². The summed E-state index contributed by atoms with van der Waals surface area (Å²) >= 11 is 1.84. The molecule has 2 heterocycles. The van der Waals surface area contributed by atoms with Crippen LogP contribution in [0.25, 0.3) is 5.57 Å². The third kappa shape index (κ3) is 3.91. The van der Waals surface area contributed by atoms with E-state index in [2.05, 4.69) is 35.5 Å². The molecule has 5 heteroatoms. The third-order valence-corrected chi connectivity index (χ3v) is 7.07. The molecular weight excluding hydrogens is 390 g/mol. The van der Waals surface area contributed by atoms with Gasteiger partial charge in [-0.1, -0.05) is 24.6 Å². The van der Waals surface area contributed by atoms with Crippen LogP contribution in [-0.2, 0) is 17.6 Å². The van der Waals surface area contributed by atoms with Gasteiger partial charge in [0, 0.05) is 18.0 Å². The summed E-state index contributed by atoms with van der Waals surface area (Å²) in [5, 5.41) is 11.8. The second-order valence-electron chi connectivity index (χ2n) is 7.77. The summed E-state index contributed by atoms with van der Waals surface area (Å²) in [5.41, 5.74) is 7.99. The molecule has 1 unspecified atom stereocenters. The fourth-order valence-electron chi connectivity index (χ4n) is 4.45. The highest BCUT2D eigenvalue weighted by Gasteiger charge is 2.26. The average molecular weight is 418 g/mol. The van der Waals surface area contributed by atoms with Crippen molar-refractivity contribution in [2.75, 3.05) is 20.1 Å². The molecule has 1 aromatic carbocycles. The van der Waals surface area contributed by atoms with Crippen molar-refractivity contribution in [2.24, 2.45) is 0 Å². The highest BCUT2D eigenvalue weighted by molar-refractivity contribution is 7.11. The Kier molecular flexibility index (Phi) is 6.64. The molecule has 150 valence electrons. The molecule has 4 rings (SSSR count). The Hall–Kier alpha value is -1.62. The number of carboxylic acid groups (broad SMARTS) is 1. The van der Waals surface area contributed by atoms with E-state index in [4.69, 9.17) is 0 Å². The number of aliphatic carboxylic acids is 1. The molecular formula is C23H28ClNO2S. The average Bonchev–Trinajstić information content (AvgIpc) is 3.05. The number of hydrogen-bond acceptors (Lipinski definition) is 3. The number of carboxylic acids is 1. The first-order valence-electron chi connectivity index (χ1n) is 9.91. The fourth-order valence-corrected chi connectivity index (χ4v) is 5.51. The predicted molar refractivity (Wildman–Crippen MR) is 119 cm³/mol. The standard InChI is InChI=1S/C23H27NO2S.ClH/c1-3-19(23(25)26)18-7-5-15-4-6-17-10-13-27-22(17)21(20(15)14-18)16-8-11-24(2)12-9-16;/h5,7,10,13-14,19H,3-4,6,8-9,11-12H2,1-2H3,(H,25,26);1H. The number of hydrogen-bond donors (Lipinski definition) is 1. The lowest BCUT2D eigenvalue weighted by molar-refractivity contribution is -0.138. The molecule has 1 saturated heterocycles. The maximum atomic E-state index is 11.7. The highest BCUT2D eigenvalue weighted by atomic mass is 35.5. The number of aryl methyl sites for hydroxylation is 2. The Bertz CT molecular complexity index is 892. The van der Waals surface area contributed by atoms with Crippen LogP contribution in [0.5, 0.6) is 0 Å². The predicted octanol–water partition coefficient (Wildman–Crippen LogP) is 5.37. The normalized spacial score (nSPS) is 17.9. The van der Waals surface area contributed by atoms with Crippen LogP contribution in [0, 0.1) is 0 Å². The molecule has 0 radical (unpaired) electrons. The largest absolute Gasteiger partial charge is 0.481 e. The van der Waals surface area contributed by atoms with Crippen LogP contribution in [0.15, 0.2) is 35.2 Å². The smallest absolute Gasteiger partial charge is 0.310 e. The lowest BCUT2D eigenvalue weighted by Crippen LogP contribution is -2.27. The molecule has 2 aromatic rings. The zero-order chi connectivity index (χ0) is 19.0. The molecule has 1 aliphatic carbocycles. The topological polar surface area (TPSA) is 40.5 Å². The van der Waals surface area contributed by atoms with Gasteiger partial charge < -0.3 is 10.0 Å². The second-order valence-corrected chi connectivity index (χ2v) is 8.69. The van der Waals surface area contributed by atoms with Crippen LogP contribution in [0.2, 0.25) is 0 Å². The van der Waals surface area contributed by atoms with Crippen molar-refractivity contribution in [3.05, 3.63) is 62.3 Å². The first-order valence-corrected chi connectivity index (χ1v) is 10.8. The Labute approximate surface area is 177 Å². The number of halogens is 1. The Balaban J connectivity index is 0.00000225. The Morgan fingerprint density at radius 1 is 1.14 bits per heavy atom. The van der Waals surface area contributed by atoms with Gasteiger partial charge in [-0.25, -0.2) is 0 Å². The number of likely N-dealkylation sites (tertiary alicyclic amines) is 1. The second kappa shape index (κ2) is 8.81. The van der Waals surface area contributed by atoms with Crippen LogP contribution in [0.1, 0.15) is 59.2 Å². The van der Waals surface area contributed by atoms with Gasteiger partial charge in [0.15, 0.2) is 0 Å². The van der Waals surface area contributed by atoms with E-state index in [1.54, 1.807) is 5.57 Å². The van der Waals surface area contributed by atoms with E-state index in [-0.39, 0.29) is 12.4 Å². The lowest BCUT2D eigenvalue weighted by Gasteiger charge is -2.27. The van der Waals surface area contributed by atoms with Crippen molar-refractivity contribution in [2.45, 2.75) is 44.9 Å². The van der Waals surface area contributed by atoms with E-state index in [1.165, 1.54) is 27.1 Å². The molecule has 1 aliphatic heterocycles. The monoisotopic (exact) mass is 417 g/mol. The summed E-state index contributed by atoms with van der Waals surface area (Å²) in [6.07, 6.45) is 4.92. The zero-order valence-corrected chi connectivity index (χ0v) is 18.2. The number of fused-ring (bicyclic) bond motifs is 2. The van der Waals surface area contributed by atoms with E-state index in [0.717, 1.165) is 44.3 Å². The van der Waals surface area contributed by atoms with Crippen LogP contribution >= 0.6 is 23.7 Å². The van der Waals surface area contributed by atoms with Gasteiger partial charge in [0.25, 0.3) is 0 Å². The van der Waals surface area contributed by atoms with Crippen LogP contribution < -0.4 is 0 Å². The van der Waals surface area contributed by atoms with Crippen molar-refractivity contribution in [3.8, 4) is 0 Å². The van der Waals surface area contributed by atoms with Crippen molar-refractivity contribution in [1.29, 1.82) is 0 Å². The molecule has 3 nitrogen and oxygen atoms in total. The van der Waals surface area contributed by atoms with E-state index in [0.29, 0.717) is 6.42 Å². The molecule has 0 saturated carbocycles. The molecule has 1 atom stereocenters. The molecule has 1 N–H and O–H groups in total. The Morgan fingerprint density at radius 2 is 1.86 bits per heavy atom. The van der Waals surface area contributed by atoms with Crippen molar-refractivity contribution >= 4 is 35.3 Å². The molecule has 0 amide bonds. The van der Waals surface area contributed by atoms with E-state index in [9.17, 15) is 9.90 Å². The molecule has 1 aromatic heterocycles. The summed E-state index contributed by atoms with van der Waals surface area (Å²) in [7, 11) is 2.19. The lowest BCUT2D eigenvalue weighted by atomic mass is 9.86. The first kappa shape index (κ1) is 21.1. The highest BCUT2D eigenvalue weighted by Crippen LogP contribution is 2.42. The molecule has 0 spiro atoms. The number of nitrogens with zero attached hydrogens (tertiary/aromatic N) is 1. The van der Waals surface area contributed by atoms with Gasteiger partial charge in [0.05, 0.1) is 5.92 Å². The van der Waals surface area contributed by atoms with Gasteiger partial charge in [-0.05, 0) is 84.5 Å². The van der Waals surface area contributed by atoms with Crippen LogP contribution in [-0.4, -0.2) is 36.1 Å².